The van der Waals surface area contributed by atoms with Crippen molar-refractivity contribution in [3.8, 4) is 6.07 Å². The lowest BCUT2D eigenvalue weighted by atomic mass is 10.1. The minimum Gasteiger partial charge on any atom is -0.373 e. The summed E-state index contributed by atoms with van der Waals surface area (Å²) in [5.74, 6) is -1.96. The third-order valence-corrected chi connectivity index (χ3v) is 2.48. The number of alkyl halides is 3. The maximum atomic E-state index is 12.4. The van der Waals surface area contributed by atoms with Crippen molar-refractivity contribution in [2.24, 2.45) is 5.92 Å². The normalized spacial score (nSPS) is 12.9. The summed E-state index contributed by atoms with van der Waals surface area (Å²) in [6, 6.07) is 8.40. The summed E-state index contributed by atoms with van der Waals surface area (Å²) in [6.45, 7) is 1.54. The number of rotatable bonds is 3. The number of hydrogen-bond donors (Lipinski definition) is 0. The lowest BCUT2D eigenvalue weighted by molar-refractivity contribution is -0.156. The maximum Gasteiger partial charge on any atom is 0.406 e. The first-order chi connectivity index (χ1) is 7.84. The number of nitrogens with zero attached hydrogens (tertiary/aromatic N) is 2. The molecular weight excluding hydrogens is 229 g/mol. The van der Waals surface area contributed by atoms with Gasteiger partial charge in [-0.05, 0) is 19.1 Å². The van der Waals surface area contributed by atoms with Crippen LogP contribution < -0.4 is 4.90 Å². The number of benzene rings is 1. The Kier molecular flexibility index (Phi) is 4.00. The van der Waals surface area contributed by atoms with Crippen LogP contribution in [-0.2, 0) is 0 Å². The van der Waals surface area contributed by atoms with E-state index in [0.29, 0.717) is 5.69 Å². The van der Waals surface area contributed by atoms with Crippen LogP contribution in [0.25, 0.3) is 0 Å². The van der Waals surface area contributed by atoms with Crippen molar-refractivity contribution >= 4 is 5.69 Å². The van der Waals surface area contributed by atoms with E-state index < -0.39 is 12.1 Å². The van der Waals surface area contributed by atoms with Crippen LogP contribution in [0.4, 0.5) is 18.9 Å². The summed E-state index contributed by atoms with van der Waals surface area (Å²) in [5.41, 5.74) is 1.70. The fourth-order valence-corrected chi connectivity index (χ4v) is 1.40. The second-order valence-corrected chi connectivity index (χ2v) is 3.94. The number of anilines is 1. The predicted octanol–water partition coefficient (Wildman–Crippen LogP) is 3.13. The summed E-state index contributed by atoms with van der Waals surface area (Å²) >= 11 is 0. The van der Waals surface area contributed by atoms with Gasteiger partial charge >= 0.3 is 6.18 Å². The standard InChI is InChI=1S/C12H13F3N2/c1-9-3-5-11(6-4-9)17(2)8-10(7-16)12(13,14)15/h3-6,10H,8H2,1-2H3. The zero-order chi connectivity index (χ0) is 13.1. The van der Waals surface area contributed by atoms with Crippen molar-refractivity contribution in [1.29, 1.82) is 5.26 Å². The largest absolute Gasteiger partial charge is 0.406 e. The van der Waals surface area contributed by atoms with Crippen LogP contribution in [0.5, 0.6) is 0 Å². The van der Waals surface area contributed by atoms with E-state index in [-0.39, 0.29) is 6.54 Å². The lowest BCUT2D eigenvalue weighted by Gasteiger charge is -2.23. The molecule has 0 spiro atoms. The topological polar surface area (TPSA) is 27.0 Å². The molecule has 0 aliphatic heterocycles. The average Bonchev–Trinajstić information content (AvgIpc) is 2.24. The molecule has 1 unspecified atom stereocenters. The molecule has 92 valence electrons. The second-order valence-electron chi connectivity index (χ2n) is 3.94. The first kappa shape index (κ1) is 13.4. The van der Waals surface area contributed by atoms with Gasteiger partial charge < -0.3 is 4.90 Å². The van der Waals surface area contributed by atoms with Gasteiger partial charge in [0.25, 0.3) is 0 Å². The van der Waals surface area contributed by atoms with Crippen LogP contribution in [0.2, 0.25) is 0 Å². The van der Waals surface area contributed by atoms with Crippen molar-refractivity contribution in [3.05, 3.63) is 29.8 Å². The van der Waals surface area contributed by atoms with E-state index in [1.165, 1.54) is 11.0 Å². The van der Waals surface area contributed by atoms with Crippen molar-refractivity contribution in [2.75, 3.05) is 18.5 Å². The molecule has 0 saturated heterocycles. The fraction of sp³-hybridized carbons (Fsp3) is 0.417. The molecule has 0 aromatic heterocycles. The highest BCUT2D eigenvalue weighted by molar-refractivity contribution is 5.46. The molecule has 1 rings (SSSR count). The quantitative estimate of drug-likeness (QED) is 0.814. The minimum absolute atomic E-state index is 0.358. The van der Waals surface area contributed by atoms with E-state index in [1.54, 1.807) is 19.2 Å². The Labute approximate surface area is 98.3 Å². The molecular formula is C12H13F3N2. The third-order valence-electron chi connectivity index (χ3n) is 2.48. The maximum absolute atomic E-state index is 12.4. The smallest absolute Gasteiger partial charge is 0.373 e. The van der Waals surface area contributed by atoms with Gasteiger partial charge in [-0.15, -0.1) is 0 Å². The van der Waals surface area contributed by atoms with E-state index in [0.717, 1.165) is 5.56 Å². The van der Waals surface area contributed by atoms with Crippen LogP contribution in [0, 0.1) is 24.2 Å². The minimum atomic E-state index is -4.48. The van der Waals surface area contributed by atoms with Gasteiger partial charge in [0.15, 0.2) is 5.92 Å². The summed E-state index contributed by atoms with van der Waals surface area (Å²) in [5, 5.41) is 8.50. The number of nitriles is 1. The molecule has 1 atom stereocenters. The number of aryl methyl sites for hydroxylation is 1. The van der Waals surface area contributed by atoms with Crippen molar-refractivity contribution < 1.29 is 13.2 Å². The zero-order valence-corrected chi connectivity index (χ0v) is 9.62. The Bertz CT molecular complexity index is 403. The van der Waals surface area contributed by atoms with Gasteiger partial charge in [0.1, 0.15) is 0 Å². The van der Waals surface area contributed by atoms with Crippen LogP contribution in [0.3, 0.4) is 0 Å². The highest BCUT2D eigenvalue weighted by Gasteiger charge is 2.40. The summed E-state index contributed by atoms with van der Waals surface area (Å²) in [4.78, 5) is 1.43. The van der Waals surface area contributed by atoms with Crippen LogP contribution in [0.1, 0.15) is 5.56 Å². The molecule has 0 bridgehead atoms. The Balaban J connectivity index is 2.75. The Morgan fingerprint density at radius 1 is 1.29 bits per heavy atom. The van der Waals surface area contributed by atoms with Gasteiger partial charge in [-0.25, -0.2) is 0 Å². The Morgan fingerprint density at radius 2 is 1.82 bits per heavy atom. The van der Waals surface area contributed by atoms with Crippen LogP contribution in [0.15, 0.2) is 24.3 Å². The van der Waals surface area contributed by atoms with E-state index in [2.05, 4.69) is 0 Å². The van der Waals surface area contributed by atoms with Crippen molar-refractivity contribution in [3.63, 3.8) is 0 Å². The van der Waals surface area contributed by atoms with Crippen molar-refractivity contribution in [2.45, 2.75) is 13.1 Å². The van der Waals surface area contributed by atoms with Gasteiger partial charge in [0.05, 0.1) is 6.07 Å². The molecule has 5 heteroatoms. The molecule has 2 nitrogen and oxygen atoms in total. The summed E-state index contributed by atoms with van der Waals surface area (Å²) in [6.07, 6.45) is -4.48. The third kappa shape index (κ3) is 3.66. The Hall–Kier alpha value is -1.70. The van der Waals surface area contributed by atoms with E-state index in [9.17, 15) is 13.2 Å². The number of hydrogen-bond acceptors (Lipinski definition) is 2. The zero-order valence-electron chi connectivity index (χ0n) is 9.62. The van der Waals surface area contributed by atoms with Crippen LogP contribution >= 0.6 is 0 Å². The summed E-state index contributed by atoms with van der Waals surface area (Å²) < 4.78 is 37.2. The van der Waals surface area contributed by atoms with E-state index in [4.69, 9.17) is 5.26 Å². The molecule has 1 aromatic rings. The summed E-state index contributed by atoms with van der Waals surface area (Å²) in [7, 11) is 1.54. The number of halogens is 3. The van der Waals surface area contributed by atoms with Gasteiger partial charge in [0, 0.05) is 19.3 Å². The molecule has 0 radical (unpaired) electrons. The highest BCUT2D eigenvalue weighted by Crippen LogP contribution is 2.27. The fourth-order valence-electron chi connectivity index (χ4n) is 1.40. The van der Waals surface area contributed by atoms with Gasteiger partial charge in [-0.3, -0.25) is 0 Å². The predicted molar refractivity (Wildman–Crippen MR) is 59.6 cm³/mol. The molecule has 0 aliphatic carbocycles. The molecule has 17 heavy (non-hydrogen) atoms. The van der Waals surface area contributed by atoms with E-state index in [1.807, 2.05) is 19.1 Å². The first-order valence-corrected chi connectivity index (χ1v) is 5.08. The van der Waals surface area contributed by atoms with Crippen molar-refractivity contribution in [1.82, 2.24) is 0 Å². The van der Waals surface area contributed by atoms with Crippen LogP contribution in [-0.4, -0.2) is 19.8 Å². The van der Waals surface area contributed by atoms with Gasteiger partial charge in [-0.1, -0.05) is 17.7 Å². The molecule has 0 saturated carbocycles. The lowest BCUT2D eigenvalue weighted by Crippen LogP contribution is -2.33. The Morgan fingerprint density at radius 3 is 2.24 bits per heavy atom. The second kappa shape index (κ2) is 5.09. The average molecular weight is 242 g/mol. The molecule has 0 heterocycles. The van der Waals surface area contributed by atoms with Gasteiger partial charge in [-0.2, -0.15) is 18.4 Å². The molecule has 0 amide bonds. The van der Waals surface area contributed by atoms with E-state index >= 15 is 0 Å². The first-order valence-electron chi connectivity index (χ1n) is 5.08. The molecule has 0 aliphatic rings. The molecule has 1 aromatic carbocycles. The SMILES string of the molecule is Cc1ccc(N(C)CC(C#N)C(F)(F)F)cc1. The highest BCUT2D eigenvalue weighted by atomic mass is 19.4. The molecule has 0 fully saturated rings. The van der Waals surface area contributed by atoms with Gasteiger partial charge in [0.2, 0.25) is 0 Å². The molecule has 0 N–H and O–H groups in total. The monoisotopic (exact) mass is 242 g/mol.